The Morgan fingerprint density at radius 2 is 2.00 bits per heavy atom. The van der Waals surface area contributed by atoms with Gasteiger partial charge in [-0.3, -0.25) is 4.79 Å². The van der Waals surface area contributed by atoms with E-state index < -0.39 is 11.7 Å². The standard InChI is InChI=1S/C19H22F3N3O/c1-12(24-18(26)14-6-3-4-7-14)17-11-23-25(13(17)2)16-9-5-8-15(10-16)19(20,21)22/h5,8-12,14H,3-4,6-7H2,1-2H3,(H,24,26). The molecule has 1 unspecified atom stereocenters. The number of hydrogen-bond donors (Lipinski definition) is 1. The number of carbonyl (C=O) groups excluding carboxylic acids is 1. The highest BCUT2D eigenvalue weighted by Crippen LogP contribution is 2.31. The van der Waals surface area contributed by atoms with E-state index in [0.717, 1.165) is 43.4 Å². The number of hydrogen-bond acceptors (Lipinski definition) is 2. The van der Waals surface area contributed by atoms with Crippen LogP contribution in [0.5, 0.6) is 0 Å². The van der Waals surface area contributed by atoms with E-state index >= 15 is 0 Å². The first-order valence-corrected chi connectivity index (χ1v) is 8.80. The van der Waals surface area contributed by atoms with Gasteiger partial charge in [0.25, 0.3) is 0 Å². The van der Waals surface area contributed by atoms with Crippen LogP contribution < -0.4 is 5.32 Å². The maximum Gasteiger partial charge on any atom is 0.416 e. The SMILES string of the molecule is Cc1c(C(C)NC(=O)C2CCCC2)cnn1-c1cccc(C(F)(F)F)c1. The Bertz CT molecular complexity index is 792. The van der Waals surface area contributed by atoms with Gasteiger partial charge in [-0.15, -0.1) is 0 Å². The molecule has 3 rings (SSSR count). The minimum Gasteiger partial charge on any atom is -0.349 e. The molecule has 1 heterocycles. The Kier molecular flexibility index (Phi) is 5.07. The summed E-state index contributed by atoms with van der Waals surface area (Å²) in [6.45, 7) is 3.66. The van der Waals surface area contributed by atoms with Crippen molar-refractivity contribution in [2.24, 2.45) is 5.92 Å². The van der Waals surface area contributed by atoms with E-state index in [9.17, 15) is 18.0 Å². The number of nitrogens with one attached hydrogen (secondary N) is 1. The number of benzene rings is 1. The van der Waals surface area contributed by atoms with Crippen molar-refractivity contribution in [2.75, 3.05) is 0 Å². The summed E-state index contributed by atoms with van der Waals surface area (Å²) in [5, 5.41) is 7.24. The average Bonchev–Trinajstić information content (AvgIpc) is 3.23. The molecule has 1 aliphatic carbocycles. The Labute approximate surface area is 150 Å². The molecule has 7 heteroatoms. The number of carbonyl (C=O) groups is 1. The number of rotatable bonds is 4. The molecule has 1 fully saturated rings. The van der Waals surface area contributed by atoms with Crippen molar-refractivity contribution in [3.05, 3.63) is 47.3 Å². The molecular weight excluding hydrogens is 343 g/mol. The van der Waals surface area contributed by atoms with Gasteiger partial charge < -0.3 is 5.32 Å². The lowest BCUT2D eigenvalue weighted by molar-refractivity contribution is -0.137. The van der Waals surface area contributed by atoms with Crippen molar-refractivity contribution in [3.8, 4) is 5.69 Å². The highest BCUT2D eigenvalue weighted by Gasteiger charge is 2.31. The molecule has 4 nitrogen and oxygen atoms in total. The van der Waals surface area contributed by atoms with Crippen molar-refractivity contribution in [2.45, 2.75) is 51.7 Å². The molecular formula is C19H22F3N3O. The van der Waals surface area contributed by atoms with Gasteiger partial charge in [-0.2, -0.15) is 18.3 Å². The van der Waals surface area contributed by atoms with Gasteiger partial charge in [0.1, 0.15) is 0 Å². The van der Waals surface area contributed by atoms with Crippen molar-refractivity contribution >= 4 is 5.91 Å². The molecule has 26 heavy (non-hydrogen) atoms. The van der Waals surface area contributed by atoms with Crippen molar-refractivity contribution < 1.29 is 18.0 Å². The highest BCUT2D eigenvalue weighted by molar-refractivity contribution is 5.79. The predicted molar refractivity (Wildman–Crippen MR) is 91.8 cm³/mol. The van der Waals surface area contributed by atoms with Crippen LogP contribution >= 0.6 is 0 Å². The molecule has 0 aliphatic heterocycles. The second kappa shape index (κ2) is 7.13. The summed E-state index contributed by atoms with van der Waals surface area (Å²) in [7, 11) is 0. The van der Waals surface area contributed by atoms with E-state index in [1.807, 2.05) is 6.92 Å². The third kappa shape index (κ3) is 3.76. The fourth-order valence-corrected chi connectivity index (χ4v) is 3.52. The van der Waals surface area contributed by atoms with E-state index in [-0.39, 0.29) is 17.9 Å². The van der Waals surface area contributed by atoms with Gasteiger partial charge in [0.05, 0.1) is 23.5 Å². The molecule has 0 saturated heterocycles. The fraction of sp³-hybridized carbons (Fsp3) is 0.474. The molecule has 0 radical (unpaired) electrons. The van der Waals surface area contributed by atoms with Crippen LogP contribution in [0.4, 0.5) is 13.2 Å². The Hall–Kier alpha value is -2.31. The zero-order chi connectivity index (χ0) is 18.9. The minimum absolute atomic E-state index is 0.0428. The summed E-state index contributed by atoms with van der Waals surface area (Å²) >= 11 is 0. The van der Waals surface area contributed by atoms with Crippen LogP contribution in [-0.4, -0.2) is 15.7 Å². The van der Waals surface area contributed by atoms with Gasteiger partial charge in [-0.1, -0.05) is 18.9 Å². The molecule has 1 aromatic carbocycles. The Balaban J connectivity index is 1.80. The number of alkyl halides is 3. The maximum atomic E-state index is 12.9. The van der Waals surface area contributed by atoms with E-state index in [4.69, 9.17) is 0 Å². The average molecular weight is 365 g/mol. The summed E-state index contributed by atoms with van der Waals surface area (Å²) in [6.07, 6.45) is 1.21. The second-order valence-electron chi connectivity index (χ2n) is 6.86. The summed E-state index contributed by atoms with van der Waals surface area (Å²) in [4.78, 5) is 12.3. The zero-order valence-corrected chi connectivity index (χ0v) is 14.8. The highest BCUT2D eigenvalue weighted by atomic mass is 19.4. The second-order valence-corrected chi connectivity index (χ2v) is 6.86. The van der Waals surface area contributed by atoms with E-state index in [2.05, 4.69) is 10.4 Å². The summed E-state index contributed by atoms with van der Waals surface area (Å²) in [5.74, 6) is 0.109. The number of amides is 1. The van der Waals surface area contributed by atoms with Gasteiger partial charge >= 0.3 is 6.18 Å². The minimum atomic E-state index is -4.40. The molecule has 1 aromatic heterocycles. The first kappa shape index (κ1) is 18.5. The topological polar surface area (TPSA) is 46.9 Å². The molecule has 1 amide bonds. The van der Waals surface area contributed by atoms with Crippen molar-refractivity contribution in [1.29, 1.82) is 0 Å². The summed E-state index contributed by atoms with van der Waals surface area (Å²) in [5.41, 5.74) is 1.14. The molecule has 1 saturated carbocycles. The Morgan fingerprint density at radius 1 is 1.31 bits per heavy atom. The molecule has 2 aromatic rings. The molecule has 1 aliphatic rings. The third-order valence-corrected chi connectivity index (χ3v) is 5.02. The van der Waals surface area contributed by atoms with Crippen LogP contribution in [-0.2, 0) is 11.0 Å². The van der Waals surface area contributed by atoms with Crippen LogP contribution in [0.1, 0.15) is 55.5 Å². The molecule has 140 valence electrons. The van der Waals surface area contributed by atoms with Crippen molar-refractivity contribution in [1.82, 2.24) is 15.1 Å². The van der Waals surface area contributed by atoms with Gasteiger partial charge in [-0.25, -0.2) is 4.68 Å². The third-order valence-electron chi connectivity index (χ3n) is 5.02. The lowest BCUT2D eigenvalue weighted by Crippen LogP contribution is -2.31. The number of halogens is 3. The van der Waals surface area contributed by atoms with E-state index in [0.29, 0.717) is 11.4 Å². The smallest absolute Gasteiger partial charge is 0.349 e. The molecule has 1 N–H and O–H groups in total. The number of nitrogens with zero attached hydrogens (tertiary/aromatic N) is 2. The molecule has 1 atom stereocenters. The van der Waals surface area contributed by atoms with Crippen LogP contribution in [0.15, 0.2) is 30.5 Å². The zero-order valence-electron chi connectivity index (χ0n) is 14.8. The van der Waals surface area contributed by atoms with Gasteiger partial charge in [0, 0.05) is 17.2 Å². The quantitative estimate of drug-likeness (QED) is 0.863. The predicted octanol–water partition coefficient (Wildman–Crippen LogP) is 4.57. The first-order valence-electron chi connectivity index (χ1n) is 8.80. The lowest BCUT2D eigenvalue weighted by Gasteiger charge is -2.17. The Morgan fingerprint density at radius 3 is 2.65 bits per heavy atom. The lowest BCUT2D eigenvalue weighted by atomic mass is 10.1. The van der Waals surface area contributed by atoms with Crippen LogP contribution in [0.2, 0.25) is 0 Å². The van der Waals surface area contributed by atoms with Gasteiger partial charge in [-0.05, 0) is 44.9 Å². The maximum absolute atomic E-state index is 12.9. The largest absolute Gasteiger partial charge is 0.416 e. The normalized spacial score (nSPS) is 16.7. The van der Waals surface area contributed by atoms with Gasteiger partial charge in [0.2, 0.25) is 5.91 Å². The van der Waals surface area contributed by atoms with Gasteiger partial charge in [0.15, 0.2) is 0 Å². The van der Waals surface area contributed by atoms with Crippen LogP contribution in [0.25, 0.3) is 5.69 Å². The first-order chi connectivity index (χ1) is 12.3. The van der Waals surface area contributed by atoms with Crippen LogP contribution in [0.3, 0.4) is 0 Å². The number of aromatic nitrogens is 2. The summed E-state index contributed by atoms with van der Waals surface area (Å²) < 4.78 is 40.3. The van der Waals surface area contributed by atoms with Crippen LogP contribution in [0, 0.1) is 12.8 Å². The summed E-state index contributed by atoms with van der Waals surface area (Å²) in [6, 6.07) is 4.81. The van der Waals surface area contributed by atoms with E-state index in [1.54, 1.807) is 19.2 Å². The monoisotopic (exact) mass is 365 g/mol. The molecule has 0 spiro atoms. The van der Waals surface area contributed by atoms with Crippen molar-refractivity contribution in [3.63, 3.8) is 0 Å². The fourth-order valence-electron chi connectivity index (χ4n) is 3.52. The molecule has 0 bridgehead atoms. The van der Waals surface area contributed by atoms with E-state index in [1.165, 1.54) is 10.7 Å².